The number of benzene rings is 4. The van der Waals surface area contributed by atoms with E-state index >= 15 is 0 Å². The molecule has 0 radical (unpaired) electrons. The van der Waals surface area contributed by atoms with Gasteiger partial charge in [-0.2, -0.15) is 0 Å². The van der Waals surface area contributed by atoms with E-state index in [4.69, 9.17) is 42.6 Å². The number of hydrogen-bond acceptors (Lipinski definition) is 14. The van der Waals surface area contributed by atoms with Crippen LogP contribution in [0.2, 0.25) is 0 Å². The second kappa shape index (κ2) is 25.9. The standard InChI is InChI=1S/C22H27NO7.C20H23NO7.Li.H2O/c1-6-16(22(25)29-7-2)21(24)23-17-12-14(26-3)8-10-18(17)30-20-13-15(27-4)9-11-19(20)28-5;1-5-14(20(23)24)19(22)21-15-8-6-12(25-2)10-17(15)28-16-9-7-13(26-3)11-18(16)27-4;;/h8-13,16H,6-7H2,1-5H3,(H,23,24);6-11,14H,5H2,1-4H3,(H,21,22)(H,23,24);;1H2/q;;+1;/p-1. The average Bonchev–Trinajstić information content (AvgIpc) is 3.22. The SMILES string of the molecule is CCC(C(=O)O)C(=O)Nc1ccc(OC)cc1Oc1ccc(OC)cc1OC.CCOC(=O)C(CC)C(=O)Nc1cc(OC)ccc1Oc1cc(OC)ccc1OC.[Li+].[OH-]. The molecule has 2 amide bonds. The summed E-state index contributed by atoms with van der Waals surface area (Å²) in [6, 6.07) is 19.9. The van der Waals surface area contributed by atoms with Crippen LogP contribution in [0.3, 0.4) is 0 Å². The number of aliphatic carboxylic acids is 1. The van der Waals surface area contributed by atoms with Crippen molar-refractivity contribution in [3.8, 4) is 57.5 Å². The molecule has 0 heterocycles. The fraction of sp³-hybridized carbons (Fsp3) is 0.333. The largest absolute Gasteiger partial charge is 1.00 e. The molecule has 17 nitrogen and oxygen atoms in total. The van der Waals surface area contributed by atoms with Crippen LogP contribution >= 0.6 is 0 Å². The van der Waals surface area contributed by atoms with Crippen molar-refractivity contribution in [3.05, 3.63) is 72.8 Å². The van der Waals surface area contributed by atoms with Gasteiger partial charge in [0.25, 0.3) is 0 Å². The third-order valence-electron chi connectivity index (χ3n) is 8.39. The minimum absolute atomic E-state index is 0. The maximum absolute atomic E-state index is 12.7. The van der Waals surface area contributed by atoms with Gasteiger partial charge in [0.1, 0.15) is 34.8 Å². The molecule has 0 aliphatic carbocycles. The second-order valence-electron chi connectivity index (χ2n) is 12.0. The summed E-state index contributed by atoms with van der Waals surface area (Å²) >= 11 is 0. The molecule has 4 aromatic carbocycles. The molecule has 60 heavy (non-hydrogen) atoms. The number of methoxy groups -OCH3 is 6. The fourth-order valence-electron chi connectivity index (χ4n) is 5.21. The zero-order valence-electron chi connectivity index (χ0n) is 35.4. The predicted octanol–water partition coefficient (Wildman–Crippen LogP) is 4.41. The van der Waals surface area contributed by atoms with Gasteiger partial charge in [-0.15, -0.1) is 0 Å². The van der Waals surface area contributed by atoms with Crippen molar-refractivity contribution in [1.82, 2.24) is 0 Å². The van der Waals surface area contributed by atoms with Gasteiger partial charge >= 0.3 is 30.8 Å². The number of anilines is 2. The summed E-state index contributed by atoms with van der Waals surface area (Å²) in [5, 5.41) is 14.5. The van der Waals surface area contributed by atoms with Crippen LogP contribution in [-0.4, -0.2) is 83.6 Å². The van der Waals surface area contributed by atoms with Crippen LogP contribution in [0.25, 0.3) is 0 Å². The Morgan fingerprint density at radius 2 is 0.950 bits per heavy atom. The van der Waals surface area contributed by atoms with Gasteiger partial charge in [-0.1, -0.05) is 13.8 Å². The third-order valence-corrected chi connectivity index (χ3v) is 8.39. The smallest absolute Gasteiger partial charge is 0.870 e. The van der Waals surface area contributed by atoms with E-state index in [1.807, 2.05) is 0 Å². The summed E-state index contributed by atoms with van der Waals surface area (Å²) in [4.78, 5) is 48.4. The molecule has 4 N–H and O–H groups in total. The number of carboxylic acids is 1. The van der Waals surface area contributed by atoms with Gasteiger partial charge in [-0.3, -0.25) is 19.2 Å². The van der Waals surface area contributed by atoms with Crippen LogP contribution in [0.5, 0.6) is 57.5 Å². The van der Waals surface area contributed by atoms with Crippen molar-refractivity contribution in [2.45, 2.75) is 33.6 Å². The van der Waals surface area contributed by atoms with Gasteiger partial charge in [0.05, 0.1) is 60.6 Å². The van der Waals surface area contributed by atoms with Gasteiger partial charge in [-0.05, 0) is 68.3 Å². The molecule has 0 saturated heterocycles. The summed E-state index contributed by atoms with van der Waals surface area (Å²) < 4.78 is 48.5. The van der Waals surface area contributed by atoms with Crippen LogP contribution in [0.1, 0.15) is 33.6 Å². The summed E-state index contributed by atoms with van der Waals surface area (Å²) in [5.74, 6) is -0.472. The maximum atomic E-state index is 12.7. The molecule has 0 bridgehead atoms. The van der Waals surface area contributed by atoms with Crippen molar-refractivity contribution in [1.29, 1.82) is 0 Å². The number of ether oxygens (including phenoxy) is 9. The average molecular weight is 831 g/mol. The number of esters is 1. The Kier molecular flexibility index (Phi) is 22.4. The van der Waals surface area contributed by atoms with Crippen molar-refractivity contribution in [3.63, 3.8) is 0 Å². The molecule has 2 atom stereocenters. The number of carbonyl (C=O) groups excluding carboxylic acids is 3. The van der Waals surface area contributed by atoms with E-state index in [-0.39, 0.29) is 43.1 Å². The van der Waals surface area contributed by atoms with E-state index in [1.165, 1.54) is 35.5 Å². The molecule has 0 spiro atoms. The van der Waals surface area contributed by atoms with Gasteiger partial charge in [0.15, 0.2) is 34.5 Å². The molecule has 0 fully saturated rings. The molecule has 0 saturated carbocycles. The molecule has 4 aromatic rings. The molecular weight excluding hydrogens is 779 g/mol. The number of amides is 2. The fourth-order valence-corrected chi connectivity index (χ4v) is 5.21. The van der Waals surface area contributed by atoms with E-state index in [0.29, 0.717) is 69.5 Å². The van der Waals surface area contributed by atoms with Crippen LogP contribution in [-0.2, 0) is 23.9 Å². The Labute approximate surface area is 361 Å². The Morgan fingerprint density at radius 1 is 0.517 bits per heavy atom. The Hall–Kier alpha value is -6.28. The van der Waals surface area contributed by atoms with Crippen LogP contribution in [0.4, 0.5) is 11.4 Å². The minimum Gasteiger partial charge on any atom is -0.870 e. The summed E-state index contributed by atoms with van der Waals surface area (Å²) in [5.41, 5.74) is 0.648. The summed E-state index contributed by atoms with van der Waals surface area (Å²) in [6.07, 6.45) is 0.467. The topological polar surface area (TPSA) is 226 Å². The minimum atomic E-state index is -1.19. The number of hydrogen-bond donors (Lipinski definition) is 3. The molecule has 320 valence electrons. The molecule has 2 unspecified atom stereocenters. The molecule has 0 aliphatic heterocycles. The number of carbonyl (C=O) groups is 4. The first kappa shape index (κ1) is 51.7. The monoisotopic (exact) mass is 830 g/mol. The molecule has 0 aliphatic rings. The van der Waals surface area contributed by atoms with Gasteiger partial charge < -0.3 is 63.8 Å². The number of rotatable bonds is 19. The Morgan fingerprint density at radius 3 is 1.45 bits per heavy atom. The normalized spacial score (nSPS) is 10.9. The summed E-state index contributed by atoms with van der Waals surface area (Å²) in [6.45, 7) is 5.26. The zero-order valence-corrected chi connectivity index (χ0v) is 35.4. The van der Waals surface area contributed by atoms with Gasteiger partial charge in [-0.25, -0.2) is 0 Å². The van der Waals surface area contributed by atoms with Crippen molar-refractivity contribution >= 4 is 35.1 Å². The van der Waals surface area contributed by atoms with Crippen molar-refractivity contribution in [2.24, 2.45) is 11.8 Å². The second-order valence-corrected chi connectivity index (χ2v) is 12.0. The third kappa shape index (κ3) is 14.2. The first-order valence-corrected chi connectivity index (χ1v) is 18.1. The van der Waals surface area contributed by atoms with E-state index < -0.39 is 35.6 Å². The first-order chi connectivity index (χ1) is 27.9. The predicted molar refractivity (Wildman–Crippen MR) is 216 cm³/mol. The van der Waals surface area contributed by atoms with Crippen molar-refractivity contribution < 1.29 is 91.3 Å². The zero-order chi connectivity index (χ0) is 42.8. The molecule has 18 heteroatoms. The quantitative estimate of drug-likeness (QED) is 0.0676. The Bertz CT molecular complexity index is 2030. The Balaban J connectivity index is 0.000000582. The van der Waals surface area contributed by atoms with Crippen LogP contribution in [0.15, 0.2) is 72.8 Å². The van der Waals surface area contributed by atoms with Gasteiger partial charge in [0.2, 0.25) is 11.8 Å². The number of carboxylic acid groups (broad SMARTS) is 1. The van der Waals surface area contributed by atoms with Crippen LogP contribution < -0.4 is 67.4 Å². The molecule has 0 aromatic heterocycles. The van der Waals surface area contributed by atoms with E-state index in [2.05, 4.69) is 10.6 Å². The summed E-state index contributed by atoms with van der Waals surface area (Å²) in [7, 11) is 9.12. The maximum Gasteiger partial charge on any atom is 1.00 e. The van der Waals surface area contributed by atoms with Crippen molar-refractivity contribution in [2.75, 3.05) is 59.9 Å². The molecule has 4 rings (SSSR count). The van der Waals surface area contributed by atoms with Crippen LogP contribution in [0, 0.1) is 11.8 Å². The van der Waals surface area contributed by atoms with E-state index in [1.54, 1.807) is 101 Å². The van der Waals surface area contributed by atoms with E-state index in [0.717, 1.165) is 0 Å². The molecular formula is C42H51LiN2O15. The first-order valence-electron chi connectivity index (χ1n) is 18.1. The van der Waals surface area contributed by atoms with Gasteiger partial charge in [0, 0.05) is 24.3 Å². The van der Waals surface area contributed by atoms with E-state index in [9.17, 15) is 24.3 Å². The number of nitrogens with one attached hydrogen (secondary N) is 2.